The van der Waals surface area contributed by atoms with Gasteiger partial charge >= 0.3 is 0 Å². The smallest absolute Gasteiger partial charge is 0.00201 e. The van der Waals surface area contributed by atoms with Crippen LogP contribution in [0.2, 0.25) is 0 Å². The number of hydrogen-bond donors (Lipinski definition) is 0. The summed E-state index contributed by atoms with van der Waals surface area (Å²) in [6.45, 7) is 8.86. The lowest BCUT2D eigenvalue weighted by Crippen LogP contribution is -1.90. The maximum atomic E-state index is 2.40. The molecule has 6 rings (SSSR count). The summed E-state index contributed by atoms with van der Waals surface area (Å²) >= 11 is 0. The van der Waals surface area contributed by atoms with Gasteiger partial charge in [-0.05, 0) is 111 Å². The first kappa shape index (κ1) is 19.1. The van der Waals surface area contributed by atoms with Gasteiger partial charge in [-0.2, -0.15) is 0 Å². The average Bonchev–Trinajstić information content (AvgIpc) is 3.10. The third kappa shape index (κ3) is 2.63. The maximum absolute atomic E-state index is 2.40. The van der Waals surface area contributed by atoms with Gasteiger partial charge < -0.3 is 0 Å². The molecule has 0 N–H and O–H groups in total. The normalized spacial score (nSPS) is 11.8. The topological polar surface area (TPSA) is 0 Å². The van der Waals surface area contributed by atoms with Gasteiger partial charge in [-0.15, -0.1) is 0 Å². The van der Waals surface area contributed by atoms with Crippen LogP contribution in [0.4, 0.5) is 0 Å². The van der Waals surface area contributed by atoms with Crippen LogP contribution in [0.25, 0.3) is 55.3 Å². The molecule has 0 fully saturated rings. The molecule has 0 bridgehead atoms. The van der Waals surface area contributed by atoms with Crippen molar-refractivity contribution in [3.05, 3.63) is 107 Å². The zero-order chi connectivity index (χ0) is 22.0. The van der Waals surface area contributed by atoms with Gasteiger partial charge in [0.25, 0.3) is 0 Å². The Labute approximate surface area is 190 Å². The Balaban J connectivity index is 1.62. The number of rotatable bonds is 2. The van der Waals surface area contributed by atoms with Crippen molar-refractivity contribution >= 4 is 10.8 Å². The zero-order valence-corrected chi connectivity index (χ0v) is 19.1. The SMILES string of the molecule is Cc1cccc(C)c1-c1ccc2c(c1)-c1ccc(-c3c(C)cccc3C)c3cccc-2c13. The highest BCUT2D eigenvalue weighted by Gasteiger charge is 2.24. The summed E-state index contributed by atoms with van der Waals surface area (Å²) in [7, 11) is 0. The minimum atomic E-state index is 1.30. The Bertz CT molecular complexity index is 1510. The summed E-state index contributed by atoms with van der Waals surface area (Å²) in [4.78, 5) is 0. The van der Waals surface area contributed by atoms with Crippen LogP contribution in [0.3, 0.4) is 0 Å². The first-order valence-electron chi connectivity index (χ1n) is 11.4. The van der Waals surface area contributed by atoms with Gasteiger partial charge in [0.15, 0.2) is 0 Å². The minimum Gasteiger partial charge on any atom is -0.0617 e. The van der Waals surface area contributed by atoms with E-state index in [1.807, 2.05) is 0 Å². The molecule has 0 amide bonds. The molecule has 0 saturated carbocycles. The Hall–Kier alpha value is -3.64. The van der Waals surface area contributed by atoms with E-state index in [0.29, 0.717) is 0 Å². The molecule has 1 aliphatic rings. The first-order valence-corrected chi connectivity index (χ1v) is 11.4. The number of fused-ring (bicyclic) bond motifs is 3. The molecule has 0 heterocycles. The Morgan fingerprint density at radius 2 is 0.938 bits per heavy atom. The second-order valence-electron chi connectivity index (χ2n) is 9.18. The number of hydrogen-bond acceptors (Lipinski definition) is 0. The van der Waals surface area contributed by atoms with Gasteiger partial charge in [-0.25, -0.2) is 0 Å². The lowest BCUT2D eigenvalue weighted by atomic mass is 9.89. The van der Waals surface area contributed by atoms with E-state index < -0.39 is 0 Å². The Kier molecular flexibility index (Phi) is 4.13. The van der Waals surface area contributed by atoms with Crippen molar-refractivity contribution in [1.29, 1.82) is 0 Å². The average molecular weight is 411 g/mol. The van der Waals surface area contributed by atoms with Gasteiger partial charge in [0.2, 0.25) is 0 Å². The van der Waals surface area contributed by atoms with Crippen molar-refractivity contribution in [2.75, 3.05) is 0 Å². The van der Waals surface area contributed by atoms with Crippen LogP contribution < -0.4 is 0 Å². The van der Waals surface area contributed by atoms with Crippen LogP contribution in [-0.4, -0.2) is 0 Å². The standard InChI is InChI=1S/C32H26/c1-19-8-5-9-20(2)30(19)23-14-15-24-25-12-7-13-26-27(31-21(3)10-6-11-22(31)4)16-17-28(32(25)26)29(24)18-23/h5-18H,1-4H3. The Morgan fingerprint density at radius 1 is 0.406 bits per heavy atom. The number of benzene rings is 5. The lowest BCUT2D eigenvalue weighted by molar-refractivity contribution is 1.38. The van der Waals surface area contributed by atoms with Gasteiger partial charge in [0.1, 0.15) is 0 Å². The van der Waals surface area contributed by atoms with E-state index in [-0.39, 0.29) is 0 Å². The molecule has 0 nitrogen and oxygen atoms in total. The van der Waals surface area contributed by atoms with E-state index in [0.717, 1.165) is 0 Å². The van der Waals surface area contributed by atoms with Crippen molar-refractivity contribution < 1.29 is 0 Å². The van der Waals surface area contributed by atoms with Crippen molar-refractivity contribution in [2.24, 2.45) is 0 Å². The van der Waals surface area contributed by atoms with Crippen LogP contribution in [-0.2, 0) is 0 Å². The molecule has 5 aromatic carbocycles. The molecule has 0 unspecified atom stereocenters. The molecule has 32 heavy (non-hydrogen) atoms. The lowest BCUT2D eigenvalue weighted by Gasteiger charge is -2.14. The van der Waals surface area contributed by atoms with E-state index in [1.165, 1.54) is 77.5 Å². The molecule has 0 aromatic heterocycles. The summed E-state index contributed by atoms with van der Waals surface area (Å²) in [5.41, 5.74) is 16.1. The highest BCUT2D eigenvalue weighted by atomic mass is 14.3. The fraction of sp³-hybridized carbons (Fsp3) is 0.125. The van der Waals surface area contributed by atoms with E-state index in [9.17, 15) is 0 Å². The van der Waals surface area contributed by atoms with Crippen LogP contribution in [0, 0.1) is 27.7 Å². The van der Waals surface area contributed by atoms with Gasteiger partial charge in [-0.3, -0.25) is 0 Å². The monoisotopic (exact) mass is 410 g/mol. The number of aryl methyl sites for hydroxylation is 4. The summed E-state index contributed by atoms with van der Waals surface area (Å²) in [5.74, 6) is 0. The highest BCUT2D eigenvalue weighted by molar-refractivity contribution is 6.19. The third-order valence-corrected chi connectivity index (χ3v) is 7.16. The fourth-order valence-corrected chi connectivity index (χ4v) is 5.74. The predicted octanol–water partition coefficient (Wildman–Crippen LogP) is 9.05. The molecular formula is C32H26. The van der Waals surface area contributed by atoms with Crippen molar-refractivity contribution in [3.8, 4) is 44.5 Å². The quantitative estimate of drug-likeness (QED) is 0.267. The first-order chi connectivity index (χ1) is 15.5. The summed E-state index contributed by atoms with van der Waals surface area (Å²) in [5, 5.41) is 2.74. The second-order valence-corrected chi connectivity index (χ2v) is 9.18. The van der Waals surface area contributed by atoms with Crippen molar-refractivity contribution in [3.63, 3.8) is 0 Å². The van der Waals surface area contributed by atoms with Gasteiger partial charge in [0, 0.05) is 0 Å². The van der Waals surface area contributed by atoms with E-state index in [1.54, 1.807) is 0 Å². The van der Waals surface area contributed by atoms with Gasteiger partial charge in [-0.1, -0.05) is 78.9 Å². The van der Waals surface area contributed by atoms with Crippen LogP contribution in [0.5, 0.6) is 0 Å². The molecule has 0 saturated heterocycles. The molecular weight excluding hydrogens is 384 g/mol. The highest BCUT2D eigenvalue weighted by Crippen LogP contribution is 2.50. The molecule has 1 aliphatic carbocycles. The maximum Gasteiger partial charge on any atom is -0.00201 e. The van der Waals surface area contributed by atoms with Crippen molar-refractivity contribution in [1.82, 2.24) is 0 Å². The molecule has 0 atom stereocenters. The van der Waals surface area contributed by atoms with Crippen LogP contribution >= 0.6 is 0 Å². The largest absolute Gasteiger partial charge is 0.0617 e. The molecule has 0 spiro atoms. The molecule has 154 valence electrons. The molecule has 0 radical (unpaired) electrons. The van der Waals surface area contributed by atoms with Gasteiger partial charge in [0.05, 0.1) is 0 Å². The van der Waals surface area contributed by atoms with E-state index >= 15 is 0 Å². The summed E-state index contributed by atoms with van der Waals surface area (Å²) < 4.78 is 0. The minimum absolute atomic E-state index is 1.30. The predicted molar refractivity (Wildman–Crippen MR) is 138 cm³/mol. The summed E-state index contributed by atoms with van der Waals surface area (Å²) in [6, 6.07) is 31.6. The molecule has 0 heteroatoms. The second kappa shape index (κ2) is 6.93. The molecule has 0 aliphatic heterocycles. The fourth-order valence-electron chi connectivity index (χ4n) is 5.74. The molecule has 5 aromatic rings. The third-order valence-electron chi connectivity index (χ3n) is 7.16. The van der Waals surface area contributed by atoms with E-state index in [2.05, 4.69) is 113 Å². The van der Waals surface area contributed by atoms with Crippen LogP contribution in [0.15, 0.2) is 84.9 Å². The van der Waals surface area contributed by atoms with E-state index in [4.69, 9.17) is 0 Å². The zero-order valence-electron chi connectivity index (χ0n) is 19.1. The Morgan fingerprint density at radius 3 is 1.62 bits per heavy atom. The van der Waals surface area contributed by atoms with Crippen molar-refractivity contribution in [2.45, 2.75) is 27.7 Å². The van der Waals surface area contributed by atoms with Crippen LogP contribution in [0.1, 0.15) is 22.3 Å². The summed E-state index contributed by atoms with van der Waals surface area (Å²) in [6.07, 6.45) is 0.